The molecule has 2 aliphatic rings. The van der Waals surface area contributed by atoms with Gasteiger partial charge in [0.2, 0.25) is 0 Å². The Morgan fingerprint density at radius 3 is 2.37 bits per heavy atom. The molecule has 6 rings (SSSR count). The number of ether oxygens (including phenoxy) is 3. The molecule has 4 aromatic rings. The maximum atomic E-state index is 12.6. The zero-order valence-electron chi connectivity index (χ0n) is 24.0. The summed E-state index contributed by atoms with van der Waals surface area (Å²) >= 11 is 0. The van der Waals surface area contributed by atoms with Crippen molar-refractivity contribution >= 4 is 22.8 Å². The topological polar surface area (TPSA) is 82.0 Å². The van der Waals surface area contributed by atoms with Gasteiger partial charge in [0.1, 0.15) is 22.9 Å². The molecule has 2 aromatic carbocycles. The average Bonchev–Trinajstić information content (AvgIpc) is 3.42. The number of amides is 1. The van der Waals surface area contributed by atoms with E-state index in [1.54, 1.807) is 4.90 Å². The number of carbonyl (C=O) groups is 1. The highest BCUT2D eigenvalue weighted by Crippen LogP contribution is 2.35. The van der Waals surface area contributed by atoms with Gasteiger partial charge in [-0.1, -0.05) is 18.2 Å². The summed E-state index contributed by atoms with van der Waals surface area (Å²) in [7, 11) is 0. The maximum Gasteiger partial charge on any atom is 0.410 e. The van der Waals surface area contributed by atoms with Crippen molar-refractivity contribution in [2.45, 2.75) is 51.9 Å². The zero-order valence-corrected chi connectivity index (χ0v) is 24.0. The third-order valence-electron chi connectivity index (χ3n) is 7.35. The highest BCUT2D eigenvalue weighted by atomic mass is 16.6. The molecular weight excluding hydrogens is 518 g/mol. The lowest BCUT2D eigenvalue weighted by molar-refractivity contribution is -0.0366. The SMILES string of the molecule is CC(C)(C)OC(=O)N1CCN(c2cc3cnn(C4CCCCO4)c3c(-c3ccc(Oc4ccccc4)cc3)n2)CC1. The van der Waals surface area contributed by atoms with E-state index in [9.17, 15) is 4.79 Å². The second kappa shape index (κ2) is 11.4. The number of hydrogen-bond acceptors (Lipinski definition) is 7. The van der Waals surface area contributed by atoms with Gasteiger partial charge in [-0.25, -0.2) is 14.5 Å². The van der Waals surface area contributed by atoms with Gasteiger partial charge in [-0.2, -0.15) is 5.10 Å². The smallest absolute Gasteiger partial charge is 0.410 e. The molecule has 0 saturated carbocycles. The van der Waals surface area contributed by atoms with Crippen LogP contribution >= 0.6 is 0 Å². The molecule has 2 saturated heterocycles. The van der Waals surface area contributed by atoms with Gasteiger partial charge in [0.05, 0.1) is 17.4 Å². The van der Waals surface area contributed by atoms with Crippen LogP contribution in [0.25, 0.3) is 22.2 Å². The number of hydrogen-bond donors (Lipinski definition) is 0. The highest BCUT2D eigenvalue weighted by molar-refractivity contribution is 5.94. The first-order chi connectivity index (χ1) is 19.8. The van der Waals surface area contributed by atoms with Crippen molar-refractivity contribution in [1.29, 1.82) is 0 Å². The van der Waals surface area contributed by atoms with E-state index in [0.29, 0.717) is 26.2 Å². The minimum Gasteiger partial charge on any atom is -0.457 e. The van der Waals surface area contributed by atoms with Gasteiger partial charge in [0, 0.05) is 43.7 Å². The standard InChI is InChI=1S/C32H37N5O4/c1-32(2,3)41-31(38)36-18-16-35(17-19-36)27-21-24-22-33-37(28-11-7-8-20-39-28)30(24)29(34-27)23-12-14-26(15-13-23)40-25-9-5-4-6-10-25/h4-6,9-10,12-15,21-22,28H,7-8,11,16-20H2,1-3H3. The molecule has 0 spiro atoms. The third-order valence-corrected chi connectivity index (χ3v) is 7.35. The van der Waals surface area contributed by atoms with Crippen molar-refractivity contribution < 1.29 is 19.0 Å². The summed E-state index contributed by atoms with van der Waals surface area (Å²) in [5.41, 5.74) is 2.27. The highest BCUT2D eigenvalue weighted by Gasteiger charge is 2.28. The molecule has 4 heterocycles. The number of fused-ring (bicyclic) bond motifs is 1. The van der Waals surface area contributed by atoms with Crippen LogP contribution in [0.4, 0.5) is 10.6 Å². The normalized spacial score (nSPS) is 18.0. The number of pyridine rings is 1. The van der Waals surface area contributed by atoms with Crippen LogP contribution in [0.2, 0.25) is 0 Å². The largest absolute Gasteiger partial charge is 0.457 e. The van der Waals surface area contributed by atoms with Gasteiger partial charge in [-0.15, -0.1) is 0 Å². The van der Waals surface area contributed by atoms with Crippen molar-refractivity contribution in [3.05, 3.63) is 66.9 Å². The van der Waals surface area contributed by atoms with Crippen LogP contribution in [0.1, 0.15) is 46.3 Å². The molecule has 1 unspecified atom stereocenters. The monoisotopic (exact) mass is 555 g/mol. The lowest BCUT2D eigenvalue weighted by atomic mass is 10.1. The van der Waals surface area contributed by atoms with Crippen LogP contribution in [0.3, 0.4) is 0 Å². The zero-order chi connectivity index (χ0) is 28.4. The molecule has 2 fully saturated rings. The number of piperazine rings is 1. The van der Waals surface area contributed by atoms with Gasteiger partial charge in [-0.05, 0) is 82.5 Å². The van der Waals surface area contributed by atoms with Crippen molar-refractivity contribution in [2.75, 3.05) is 37.7 Å². The number of anilines is 1. The van der Waals surface area contributed by atoms with E-state index in [1.807, 2.05) is 86.2 Å². The second-order valence-electron chi connectivity index (χ2n) is 11.6. The molecule has 214 valence electrons. The summed E-state index contributed by atoms with van der Waals surface area (Å²) in [5.74, 6) is 2.42. The minimum atomic E-state index is -0.514. The van der Waals surface area contributed by atoms with Crippen molar-refractivity contribution in [1.82, 2.24) is 19.7 Å². The van der Waals surface area contributed by atoms with Gasteiger partial charge < -0.3 is 24.0 Å². The molecule has 41 heavy (non-hydrogen) atoms. The van der Waals surface area contributed by atoms with E-state index in [4.69, 9.17) is 24.3 Å². The van der Waals surface area contributed by atoms with E-state index in [-0.39, 0.29) is 12.3 Å². The first-order valence-corrected chi connectivity index (χ1v) is 14.4. The van der Waals surface area contributed by atoms with Crippen LogP contribution in [0.5, 0.6) is 11.5 Å². The summed E-state index contributed by atoms with van der Waals surface area (Å²) in [6, 6.07) is 19.9. The first kappa shape index (κ1) is 27.1. The Morgan fingerprint density at radius 1 is 0.951 bits per heavy atom. The van der Waals surface area contributed by atoms with E-state index in [2.05, 4.69) is 11.0 Å². The number of benzene rings is 2. The van der Waals surface area contributed by atoms with Gasteiger partial charge in [0.15, 0.2) is 6.23 Å². The van der Waals surface area contributed by atoms with E-state index < -0.39 is 5.60 Å². The second-order valence-corrected chi connectivity index (χ2v) is 11.6. The Hall–Kier alpha value is -4.11. The Morgan fingerprint density at radius 2 is 1.68 bits per heavy atom. The van der Waals surface area contributed by atoms with E-state index in [1.165, 1.54) is 0 Å². The molecule has 9 nitrogen and oxygen atoms in total. The predicted octanol–water partition coefficient (Wildman–Crippen LogP) is 6.65. The van der Waals surface area contributed by atoms with Crippen LogP contribution in [-0.2, 0) is 9.47 Å². The maximum absolute atomic E-state index is 12.6. The van der Waals surface area contributed by atoms with E-state index in [0.717, 1.165) is 65.3 Å². The number of carbonyl (C=O) groups excluding carboxylic acids is 1. The minimum absolute atomic E-state index is 0.106. The van der Waals surface area contributed by atoms with Crippen molar-refractivity contribution in [3.63, 3.8) is 0 Å². The van der Waals surface area contributed by atoms with Crippen LogP contribution in [0, 0.1) is 0 Å². The molecule has 0 radical (unpaired) electrons. The molecule has 9 heteroatoms. The molecule has 1 amide bonds. The van der Waals surface area contributed by atoms with Gasteiger partial charge >= 0.3 is 6.09 Å². The van der Waals surface area contributed by atoms with Gasteiger partial charge in [0.25, 0.3) is 0 Å². The summed E-state index contributed by atoms with van der Waals surface area (Å²) in [6.45, 7) is 8.89. The number of nitrogens with zero attached hydrogens (tertiary/aromatic N) is 5. The van der Waals surface area contributed by atoms with Crippen molar-refractivity contribution in [2.24, 2.45) is 0 Å². The summed E-state index contributed by atoms with van der Waals surface area (Å²) in [5, 5.41) is 5.79. The fraction of sp³-hybridized carbons (Fsp3) is 0.406. The Bertz CT molecular complexity index is 1480. The summed E-state index contributed by atoms with van der Waals surface area (Å²) < 4.78 is 19.7. The molecule has 2 aliphatic heterocycles. The number of rotatable bonds is 5. The fourth-order valence-electron chi connectivity index (χ4n) is 5.31. The molecule has 0 bridgehead atoms. The Labute approximate surface area is 240 Å². The molecule has 1 atom stereocenters. The fourth-order valence-corrected chi connectivity index (χ4v) is 5.31. The van der Waals surface area contributed by atoms with Crippen LogP contribution in [0.15, 0.2) is 66.9 Å². The van der Waals surface area contributed by atoms with Crippen LogP contribution < -0.4 is 9.64 Å². The summed E-state index contributed by atoms with van der Waals surface area (Å²) in [4.78, 5) is 21.8. The lowest BCUT2D eigenvalue weighted by Crippen LogP contribution is -2.50. The molecule has 2 aromatic heterocycles. The lowest BCUT2D eigenvalue weighted by Gasteiger charge is -2.36. The quantitative estimate of drug-likeness (QED) is 0.273. The predicted molar refractivity (Wildman–Crippen MR) is 158 cm³/mol. The summed E-state index contributed by atoms with van der Waals surface area (Å²) in [6.07, 6.45) is 4.64. The Balaban J connectivity index is 1.30. The van der Waals surface area contributed by atoms with Gasteiger partial charge in [-0.3, -0.25) is 0 Å². The van der Waals surface area contributed by atoms with Crippen molar-refractivity contribution in [3.8, 4) is 22.8 Å². The van der Waals surface area contributed by atoms with Crippen LogP contribution in [-0.4, -0.2) is 64.1 Å². The molecule has 0 aliphatic carbocycles. The van der Waals surface area contributed by atoms with E-state index >= 15 is 0 Å². The average molecular weight is 556 g/mol. The molecular formula is C32H37N5O4. The molecule has 0 N–H and O–H groups in total. The number of aromatic nitrogens is 3. The first-order valence-electron chi connectivity index (χ1n) is 14.4. The Kier molecular flexibility index (Phi) is 7.53. The third kappa shape index (κ3) is 6.15. The number of para-hydroxylation sites is 1.